The molecule has 1 aliphatic rings. The Bertz CT molecular complexity index is 490. The highest BCUT2D eigenvalue weighted by Gasteiger charge is 2.35. The van der Waals surface area contributed by atoms with E-state index >= 15 is 0 Å². The second kappa shape index (κ2) is 7.58. The number of nitrogens with two attached hydrogens (primary N) is 1. The van der Waals surface area contributed by atoms with Gasteiger partial charge in [-0.05, 0) is 51.3 Å². The van der Waals surface area contributed by atoms with Gasteiger partial charge in [0.05, 0.1) is 18.8 Å². The second-order valence-corrected chi connectivity index (χ2v) is 5.82. The predicted molar refractivity (Wildman–Crippen MR) is 85.0 cm³/mol. The first-order valence-electron chi connectivity index (χ1n) is 7.59. The third kappa shape index (κ3) is 3.97. The number of hydrogen-bond donors (Lipinski definition) is 2. The molecule has 2 unspecified atom stereocenters. The van der Waals surface area contributed by atoms with E-state index in [1.165, 1.54) is 0 Å². The molecular weight excluding hydrogens is 282 g/mol. The first kappa shape index (κ1) is 16.7. The van der Waals surface area contributed by atoms with Crippen LogP contribution in [0.1, 0.15) is 16.8 Å². The summed E-state index contributed by atoms with van der Waals surface area (Å²) >= 11 is 0. The van der Waals surface area contributed by atoms with Crippen LogP contribution in [0.2, 0.25) is 0 Å². The number of carbonyl (C=O) groups excluding carboxylic acids is 1. The zero-order chi connectivity index (χ0) is 16.1. The third-order valence-electron chi connectivity index (χ3n) is 3.93. The van der Waals surface area contributed by atoms with Crippen LogP contribution in [0, 0.1) is 0 Å². The maximum absolute atomic E-state index is 12.5. The number of aliphatic hydroxyl groups is 1. The number of ether oxygens (including phenoxy) is 1. The average molecular weight is 307 g/mol. The number of nitrogens with zero attached hydrogens (tertiary/aromatic N) is 2. The SMILES string of the molecule is CN(C)C1CN(C(=O)c2ccc(OCCCN)cc2)CC1O. The van der Waals surface area contributed by atoms with Crippen molar-refractivity contribution >= 4 is 5.91 Å². The van der Waals surface area contributed by atoms with Gasteiger partial charge in [-0.1, -0.05) is 0 Å². The first-order valence-corrected chi connectivity index (χ1v) is 7.59. The van der Waals surface area contributed by atoms with E-state index in [-0.39, 0.29) is 11.9 Å². The molecule has 1 aromatic carbocycles. The van der Waals surface area contributed by atoms with E-state index in [4.69, 9.17) is 10.5 Å². The van der Waals surface area contributed by atoms with Crippen LogP contribution in [0.3, 0.4) is 0 Å². The van der Waals surface area contributed by atoms with Crippen molar-refractivity contribution in [2.75, 3.05) is 40.3 Å². The van der Waals surface area contributed by atoms with Gasteiger partial charge in [0.1, 0.15) is 5.75 Å². The van der Waals surface area contributed by atoms with Crippen molar-refractivity contribution in [1.29, 1.82) is 0 Å². The lowest BCUT2D eigenvalue weighted by molar-refractivity contribution is 0.0764. The summed E-state index contributed by atoms with van der Waals surface area (Å²) in [6.07, 6.45) is 0.302. The number of hydrogen-bond acceptors (Lipinski definition) is 5. The molecule has 1 heterocycles. The van der Waals surface area contributed by atoms with Crippen LogP contribution in [-0.4, -0.2) is 73.3 Å². The minimum absolute atomic E-state index is 0.0113. The molecule has 6 nitrogen and oxygen atoms in total. The average Bonchev–Trinajstić information content (AvgIpc) is 2.90. The second-order valence-electron chi connectivity index (χ2n) is 5.82. The molecule has 0 radical (unpaired) electrons. The molecule has 0 spiro atoms. The molecule has 122 valence electrons. The Labute approximate surface area is 131 Å². The van der Waals surface area contributed by atoms with E-state index in [1.54, 1.807) is 29.2 Å². The van der Waals surface area contributed by atoms with E-state index < -0.39 is 6.10 Å². The largest absolute Gasteiger partial charge is 0.494 e. The Morgan fingerprint density at radius 2 is 2.05 bits per heavy atom. The van der Waals surface area contributed by atoms with Gasteiger partial charge in [0.25, 0.3) is 5.91 Å². The Morgan fingerprint density at radius 3 is 2.59 bits per heavy atom. The molecule has 6 heteroatoms. The van der Waals surface area contributed by atoms with Crippen molar-refractivity contribution < 1.29 is 14.6 Å². The van der Waals surface area contributed by atoms with Crippen molar-refractivity contribution in [2.24, 2.45) is 5.73 Å². The summed E-state index contributed by atoms with van der Waals surface area (Å²) in [5.41, 5.74) is 6.02. The van der Waals surface area contributed by atoms with Crippen LogP contribution in [0.4, 0.5) is 0 Å². The van der Waals surface area contributed by atoms with E-state index in [0.717, 1.165) is 12.2 Å². The van der Waals surface area contributed by atoms with Crippen molar-refractivity contribution in [3.8, 4) is 5.75 Å². The van der Waals surface area contributed by atoms with Crippen LogP contribution in [0.5, 0.6) is 5.75 Å². The summed E-state index contributed by atoms with van der Waals surface area (Å²) in [5, 5.41) is 10.0. The van der Waals surface area contributed by atoms with E-state index in [0.29, 0.717) is 31.8 Å². The third-order valence-corrected chi connectivity index (χ3v) is 3.93. The van der Waals surface area contributed by atoms with Crippen LogP contribution < -0.4 is 10.5 Å². The molecule has 0 aliphatic carbocycles. The molecule has 3 N–H and O–H groups in total. The van der Waals surface area contributed by atoms with Crippen LogP contribution in [0.15, 0.2) is 24.3 Å². The minimum atomic E-state index is -0.502. The van der Waals surface area contributed by atoms with Gasteiger partial charge in [0.2, 0.25) is 0 Å². The summed E-state index contributed by atoms with van der Waals surface area (Å²) in [5.74, 6) is 0.675. The van der Waals surface area contributed by atoms with E-state index in [2.05, 4.69) is 0 Å². The zero-order valence-corrected chi connectivity index (χ0v) is 13.2. The number of benzene rings is 1. The topological polar surface area (TPSA) is 79.0 Å². The summed E-state index contributed by atoms with van der Waals surface area (Å²) in [6, 6.07) is 7.09. The summed E-state index contributed by atoms with van der Waals surface area (Å²) < 4.78 is 5.52. The van der Waals surface area contributed by atoms with Crippen molar-refractivity contribution in [3.05, 3.63) is 29.8 Å². The quantitative estimate of drug-likeness (QED) is 0.732. The van der Waals surface area contributed by atoms with Gasteiger partial charge in [-0.3, -0.25) is 4.79 Å². The zero-order valence-electron chi connectivity index (χ0n) is 13.2. The van der Waals surface area contributed by atoms with Crippen LogP contribution in [-0.2, 0) is 0 Å². The molecule has 1 aromatic rings. The molecule has 1 amide bonds. The van der Waals surface area contributed by atoms with Gasteiger partial charge in [0, 0.05) is 18.7 Å². The lowest BCUT2D eigenvalue weighted by Gasteiger charge is -2.21. The smallest absolute Gasteiger partial charge is 0.254 e. The number of likely N-dealkylation sites (tertiary alicyclic amines) is 1. The molecule has 2 atom stereocenters. The number of aliphatic hydroxyl groups excluding tert-OH is 1. The standard InChI is InChI=1S/C16H25N3O3/c1-18(2)14-10-19(11-15(14)20)16(21)12-4-6-13(7-5-12)22-9-3-8-17/h4-7,14-15,20H,3,8-11,17H2,1-2H3. The Morgan fingerprint density at radius 1 is 1.36 bits per heavy atom. The fourth-order valence-corrected chi connectivity index (χ4v) is 2.59. The maximum atomic E-state index is 12.5. The Balaban J connectivity index is 1.95. The number of likely N-dealkylation sites (N-methyl/N-ethyl adjacent to an activating group) is 1. The van der Waals surface area contributed by atoms with E-state index in [9.17, 15) is 9.90 Å². The highest BCUT2D eigenvalue weighted by atomic mass is 16.5. The van der Waals surface area contributed by atoms with Gasteiger partial charge >= 0.3 is 0 Å². The number of β-amino-alcohol motifs (C(OH)–C–C–N with tert-alkyl or cyclic N) is 1. The molecule has 0 bridgehead atoms. The first-order chi connectivity index (χ1) is 10.5. The predicted octanol–water partition coefficient (Wildman–Crippen LogP) is 0.161. The van der Waals surface area contributed by atoms with Crippen molar-refractivity contribution in [1.82, 2.24) is 9.80 Å². The molecular formula is C16H25N3O3. The van der Waals surface area contributed by atoms with Gasteiger partial charge < -0.3 is 25.4 Å². The normalized spacial score (nSPS) is 21.4. The lowest BCUT2D eigenvalue weighted by atomic mass is 10.2. The van der Waals surface area contributed by atoms with Gasteiger partial charge in [-0.25, -0.2) is 0 Å². The summed E-state index contributed by atoms with van der Waals surface area (Å²) in [4.78, 5) is 16.1. The molecule has 22 heavy (non-hydrogen) atoms. The van der Waals surface area contributed by atoms with E-state index in [1.807, 2.05) is 19.0 Å². The highest BCUT2D eigenvalue weighted by molar-refractivity contribution is 5.94. The number of rotatable bonds is 6. The summed E-state index contributed by atoms with van der Waals surface area (Å²) in [6.45, 7) is 2.09. The maximum Gasteiger partial charge on any atom is 0.254 e. The highest BCUT2D eigenvalue weighted by Crippen LogP contribution is 2.19. The molecule has 0 saturated carbocycles. The molecule has 0 aromatic heterocycles. The molecule has 1 fully saturated rings. The Kier molecular flexibility index (Phi) is 5.76. The monoisotopic (exact) mass is 307 g/mol. The number of carbonyl (C=O) groups is 1. The van der Waals surface area contributed by atoms with Gasteiger partial charge in [0.15, 0.2) is 0 Å². The summed E-state index contributed by atoms with van der Waals surface area (Å²) in [7, 11) is 3.82. The Hall–Kier alpha value is -1.63. The minimum Gasteiger partial charge on any atom is -0.494 e. The number of amides is 1. The van der Waals surface area contributed by atoms with Crippen molar-refractivity contribution in [2.45, 2.75) is 18.6 Å². The van der Waals surface area contributed by atoms with Gasteiger partial charge in [-0.2, -0.15) is 0 Å². The molecule has 1 saturated heterocycles. The fraction of sp³-hybridized carbons (Fsp3) is 0.562. The van der Waals surface area contributed by atoms with Crippen molar-refractivity contribution in [3.63, 3.8) is 0 Å². The van der Waals surface area contributed by atoms with Crippen LogP contribution in [0.25, 0.3) is 0 Å². The lowest BCUT2D eigenvalue weighted by Crippen LogP contribution is -2.38. The van der Waals surface area contributed by atoms with Gasteiger partial charge in [-0.15, -0.1) is 0 Å². The fourth-order valence-electron chi connectivity index (χ4n) is 2.59. The molecule has 2 rings (SSSR count). The van der Waals surface area contributed by atoms with Crippen LogP contribution >= 0.6 is 0 Å². The molecule has 1 aliphatic heterocycles.